The molecule has 4 rings (SSSR count). The van der Waals surface area contributed by atoms with E-state index >= 15 is 0 Å². The molecule has 0 amide bonds. The van der Waals surface area contributed by atoms with Crippen molar-refractivity contribution in [1.29, 1.82) is 0 Å². The molecule has 0 bridgehead atoms. The minimum atomic E-state index is -4.35. The van der Waals surface area contributed by atoms with E-state index < -0.39 is 12.8 Å². The number of carbonyl (C=O) groups is 1. The number of nitrogens with zero attached hydrogens (tertiary/aromatic N) is 3. The highest BCUT2D eigenvalue weighted by Crippen LogP contribution is 2.34. The van der Waals surface area contributed by atoms with Crippen LogP contribution in [0, 0.1) is 11.8 Å². The van der Waals surface area contributed by atoms with E-state index in [9.17, 15) is 18.0 Å². The van der Waals surface area contributed by atoms with E-state index in [4.69, 9.17) is 14.0 Å². The molecule has 1 aliphatic heterocycles. The van der Waals surface area contributed by atoms with Crippen LogP contribution >= 0.6 is 11.3 Å². The smallest absolute Gasteiger partial charge is 0.422 e. The van der Waals surface area contributed by atoms with Crippen LogP contribution < -0.4 is 9.47 Å². The van der Waals surface area contributed by atoms with Gasteiger partial charge in [-0.3, -0.25) is 4.79 Å². The molecule has 0 atom stereocenters. The van der Waals surface area contributed by atoms with Crippen LogP contribution in [0.2, 0.25) is 0 Å². The molecule has 0 N–H and O–H groups in total. The number of alkyl halides is 3. The molecular formula is C24H32F3N3O4S. The van der Waals surface area contributed by atoms with Crippen LogP contribution in [0.5, 0.6) is 11.1 Å². The van der Waals surface area contributed by atoms with Gasteiger partial charge >= 0.3 is 6.18 Å². The molecular weight excluding hydrogens is 483 g/mol. The number of rotatable bonds is 10. The third kappa shape index (κ3) is 7.93. The van der Waals surface area contributed by atoms with Crippen molar-refractivity contribution < 1.29 is 32.0 Å². The molecule has 2 aromatic rings. The molecule has 1 aliphatic carbocycles. The third-order valence-corrected chi connectivity index (χ3v) is 7.96. The fourth-order valence-electron chi connectivity index (χ4n) is 4.97. The van der Waals surface area contributed by atoms with Gasteiger partial charge in [-0.1, -0.05) is 24.2 Å². The Labute approximate surface area is 207 Å². The molecule has 0 radical (unpaired) electrons. The molecule has 0 aromatic carbocycles. The highest BCUT2D eigenvalue weighted by atomic mass is 32.1. The second kappa shape index (κ2) is 11.7. The second-order valence-corrected chi connectivity index (χ2v) is 10.6. The summed E-state index contributed by atoms with van der Waals surface area (Å²) in [5, 5.41) is 3.86. The SMILES string of the molecule is COc1cc(CC(=O)CC2CCC(CCN3CCc4nc(OCC(F)(F)F)sc4CC3)CC2)on1. The summed E-state index contributed by atoms with van der Waals surface area (Å²) in [6, 6.07) is 1.66. The normalized spacial score (nSPS) is 21.4. The van der Waals surface area contributed by atoms with Crippen LogP contribution in [0.25, 0.3) is 0 Å². The van der Waals surface area contributed by atoms with Crippen molar-refractivity contribution in [3.05, 3.63) is 22.4 Å². The molecule has 7 nitrogen and oxygen atoms in total. The summed E-state index contributed by atoms with van der Waals surface area (Å²) in [4.78, 5) is 20.2. The fourth-order valence-corrected chi connectivity index (χ4v) is 5.91. The molecule has 3 heterocycles. The average Bonchev–Trinajstić information content (AvgIpc) is 3.39. The van der Waals surface area contributed by atoms with Gasteiger partial charge in [-0.2, -0.15) is 13.2 Å². The zero-order chi connectivity index (χ0) is 24.8. The number of ketones is 1. The van der Waals surface area contributed by atoms with Crippen LogP contribution in [-0.2, 0) is 24.1 Å². The third-order valence-electron chi connectivity index (χ3n) is 6.89. The van der Waals surface area contributed by atoms with Gasteiger partial charge in [0, 0.05) is 36.9 Å². The number of hydrogen-bond donors (Lipinski definition) is 0. The van der Waals surface area contributed by atoms with E-state index in [1.807, 2.05) is 0 Å². The number of carbonyl (C=O) groups excluding carboxylic acids is 1. The van der Waals surface area contributed by atoms with Gasteiger partial charge in [0.25, 0.3) is 11.1 Å². The van der Waals surface area contributed by atoms with Crippen molar-refractivity contribution in [3.8, 4) is 11.1 Å². The summed E-state index contributed by atoms with van der Waals surface area (Å²) in [6.45, 7) is 1.49. The van der Waals surface area contributed by atoms with Crippen molar-refractivity contribution in [2.75, 3.05) is 33.4 Å². The monoisotopic (exact) mass is 515 g/mol. The second-order valence-electron chi connectivity index (χ2n) is 9.53. The summed E-state index contributed by atoms with van der Waals surface area (Å²) in [7, 11) is 1.52. The predicted octanol–water partition coefficient (Wildman–Crippen LogP) is 4.88. The quantitative estimate of drug-likeness (QED) is 0.446. The Morgan fingerprint density at radius 3 is 2.66 bits per heavy atom. The van der Waals surface area contributed by atoms with Gasteiger partial charge in [0.1, 0.15) is 11.5 Å². The van der Waals surface area contributed by atoms with E-state index in [0.717, 1.165) is 75.2 Å². The number of fused-ring (bicyclic) bond motifs is 1. The van der Waals surface area contributed by atoms with Crippen LogP contribution in [0.3, 0.4) is 0 Å². The Morgan fingerprint density at radius 2 is 1.94 bits per heavy atom. The minimum absolute atomic E-state index is 0.122. The molecule has 2 aromatic heterocycles. The first kappa shape index (κ1) is 25.9. The maximum atomic E-state index is 12.4. The fraction of sp³-hybridized carbons (Fsp3) is 0.708. The number of thiazole rings is 1. The Hall–Kier alpha value is -2.14. The molecule has 2 aliphatic rings. The number of hydrogen-bond acceptors (Lipinski definition) is 8. The number of Topliss-reactive ketones (excluding diaryl/α,β-unsaturated/α-hetero) is 1. The largest absolute Gasteiger partial charge is 0.479 e. The molecule has 194 valence electrons. The Morgan fingerprint density at radius 1 is 1.20 bits per heavy atom. The van der Waals surface area contributed by atoms with E-state index in [-0.39, 0.29) is 17.4 Å². The van der Waals surface area contributed by atoms with Crippen molar-refractivity contribution in [2.24, 2.45) is 11.8 Å². The number of methoxy groups -OCH3 is 1. The number of halogens is 3. The predicted molar refractivity (Wildman–Crippen MR) is 124 cm³/mol. The number of ether oxygens (including phenoxy) is 2. The number of aromatic nitrogens is 2. The van der Waals surface area contributed by atoms with Crippen molar-refractivity contribution in [2.45, 2.75) is 64.0 Å². The standard InChI is InChI=1S/C24H32F3N3O4S/c1-32-22-14-19(34-29-22)13-18(31)12-17-4-2-16(3-5-17)6-9-30-10-7-20-21(8-11-30)35-23(28-20)33-15-24(25,26)27/h14,16-17H,2-13,15H2,1H3. The van der Waals surface area contributed by atoms with Gasteiger partial charge in [-0.05, 0) is 49.2 Å². The Kier molecular flexibility index (Phi) is 8.69. The Bertz CT molecular complexity index is 944. The highest BCUT2D eigenvalue weighted by Gasteiger charge is 2.30. The van der Waals surface area contributed by atoms with Gasteiger partial charge in [-0.15, -0.1) is 0 Å². The van der Waals surface area contributed by atoms with Gasteiger partial charge in [0.15, 0.2) is 6.61 Å². The molecule has 0 saturated heterocycles. The first-order chi connectivity index (χ1) is 16.8. The van der Waals surface area contributed by atoms with Gasteiger partial charge in [0.05, 0.1) is 19.2 Å². The van der Waals surface area contributed by atoms with E-state index in [2.05, 4.69) is 15.0 Å². The van der Waals surface area contributed by atoms with Crippen molar-refractivity contribution in [1.82, 2.24) is 15.0 Å². The lowest BCUT2D eigenvalue weighted by Gasteiger charge is -2.30. The maximum Gasteiger partial charge on any atom is 0.422 e. The summed E-state index contributed by atoms with van der Waals surface area (Å²) >= 11 is 1.24. The van der Waals surface area contributed by atoms with Gasteiger partial charge < -0.3 is 18.9 Å². The van der Waals surface area contributed by atoms with Crippen LogP contribution in [0.15, 0.2) is 10.6 Å². The topological polar surface area (TPSA) is 77.7 Å². The molecule has 1 fully saturated rings. The molecule has 35 heavy (non-hydrogen) atoms. The zero-order valence-electron chi connectivity index (χ0n) is 19.9. The molecule has 1 saturated carbocycles. The van der Waals surface area contributed by atoms with Gasteiger partial charge in [0.2, 0.25) is 0 Å². The molecule has 0 unspecified atom stereocenters. The summed E-state index contributed by atoms with van der Waals surface area (Å²) < 4.78 is 52.0. The lowest BCUT2D eigenvalue weighted by Crippen LogP contribution is -2.30. The van der Waals surface area contributed by atoms with Crippen LogP contribution in [0.1, 0.15) is 54.9 Å². The Balaban J connectivity index is 1.13. The van der Waals surface area contributed by atoms with E-state index in [1.54, 1.807) is 6.07 Å². The summed E-state index contributed by atoms with van der Waals surface area (Å²) in [6.07, 6.45) is 3.65. The summed E-state index contributed by atoms with van der Waals surface area (Å²) in [5.74, 6) is 2.25. The van der Waals surface area contributed by atoms with E-state index in [0.29, 0.717) is 29.9 Å². The van der Waals surface area contributed by atoms with Crippen molar-refractivity contribution >= 4 is 17.1 Å². The van der Waals surface area contributed by atoms with E-state index in [1.165, 1.54) is 18.4 Å². The average molecular weight is 516 g/mol. The maximum absolute atomic E-state index is 12.4. The van der Waals surface area contributed by atoms with Crippen LogP contribution in [-0.4, -0.2) is 60.4 Å². The lowest BCUT2D eigenvalue weighted by atomic mass is 9.78. The highest BCUT2D eigenvalue weighted by molar-refractivity contribution is 7.13. The van der Waals surface area contributed by atoms with Crippen LogP contribution in [0.4, 0.5) is 13.2 Å². The minimum Gasteiger partial charge on any atom is -0.479 e. The first-order valence-electron chi connectivity index (χ1n) is 12.2. The molecule has 11 heteroatoms. The lowest BCUT2D eigenvalue weighted by molar-refractivity contribution is -0.153. The van der Waals surface area contributed by atoms with Crippen molar-refractivity contribution in [3.63, 3.8) is 0 Å². The zero-order valence-corrected chi connectivity index (χ0v) is 20.8. The van der Waals surface area contributed by atoms with Gasteiger partial charge in [-0.25, -0.2) is 4.98 Å². The molecule has 0 spiro atoms. The first-order valence-corrected chi connectivity index (χ1v) is 13.0. The summed E-state index contributed by atoms with van der Waals surface area (Å²) in [5.41, 5.74) is 0.878.